The van der Waals surface area contributed by atoms with Gasteiger partial charge in [-0.15, -0.1) is 0 Å². The van der Waals surface area contributed by atoms with Crippen molar-refractivity contribution < 1.29 is 24.2 Å². The molecule has 3 aliphatic rings. The van der Waals surface area contributed by atoms with Gasteiger partial charge in [0.05, 0.1) is 24.7 Å². The van der Waals surface area contributed by atoms with Crippen molar-refractivity contribution in [1.29, 1.82) is 0 Å². The van der Waals surface area contributed by atoms with Crippen molar-refractivity contribution in [2.75, 3.05) is 6.54 Å². The summed E-state index contributed by atoms with van der Waals surface area (Å²) < 4.78 is 13.0. The minimum absolute atomic E-state index is 0.0148. The Labute approximate surface area is 188 Å². The molecule has 0 unspecified atom stereocenters. The Morgan fingerprint density at radius 1 is 1.29 bits per heavy atom. The van der Waals surface area contributed by atoms with Crippen LogP contribution in [-0.4, -0.2) is 46.2 Å². The number of hydrogen-bond donors (Lipinski definition) is 1. The number of fused-ring (bicyclic) bond motifs is 4. The summed E-state index contributed by atoms with van der Waals surface area (Å²) in [5.41, 5.74) is -0.0384. The number of hydrogen-bond acceptors (Lipinski definition) is 4. The predicted octanol–water partition coefficient (Wildman–Crippen LogP) is 4.84. The van der Waals surface area contributed by atoms with E-state index in [1.54, 1.807) is 0 Å². The van der Waals surface area contributed by atoms with Crippen molar-refractivity contribution in [1.82, 2.24) is 4.90 Å². The zero-order valence-electron chi connectivity index (χ0n) is 18.7. The number of halogens is 1. The van der Waals surface area contributed by atoms with Crippen LogP contribution in [0.4, 0.5) is 0 Å². The zero-order valence-corrected chi connectivity index (χ0v) is 19.4. The van der Waals surface area contributed by atoms with Gasteiger partial charge >= 0.3 is 5.97 Å². The van der Waals surface area contributed by atoms with Crippen LogP contribution in [0.15, 0.2) is 18.2 Å². The van der Waals surface area contributed by atoms with E-state index in [0.717, 1.165) is 30.6 Å². The van der Waals surface area contributed by atoms with Gasteiger partial charge in [-0.05, 0) is 56.7 Å². The Kier molecular flexibility index (Phi) is 5.76. The average molecular weight is 450 g/mol. The maximum atomic E-state index is 13.2. The van der Waals surface area contributed by atoms with Crippen LogP contribution >= 0.6 is 11.6 Å². The Morgan fingerprint density at radius 2 is 2.03 bits per heavy atom. The van der Waals surface area contributed by atoms with Gasteiger partial charge in [-0.3, -0.25) is 9.59 Å². The molecule has 1 amide bonds. The fraction of sp³-hybridized carbons (Fsp3) is 0.667. The second-order valence-corrected chi connectivity index (χ2v) is 11.0. The molecule has 4 rings (SSSR count). The van der Waals surface area contributed by atoms with Crippen molar-refractivity contribution in [2.45, 2.75) is 83.6 Å². The van der Waals surface area contributed by atoms with Crippen LogP contribution in [0.3, 0.4) is 0 Å². The lowest BCUT2D eigenvalue weighted by Crippen LogP contribution is -2.60. The number of carboxylic acid groups (broad SMARTS) is 1. The standard InChI is InChI=1S/C24H32ClNO5/c1-23(2,13-21(28)29)12-20(27)26-9-5-6-19-17(26)11-16-22(30-19)15-10-14(25)7-8-18(15)31-24(16,3)4/h7-8,10,16-17,19,22H,5-6,9,11-13H2,1-4H3,(H,28,29)/t16-,17-,19-,22+/m0/s1. The molecule has 6 nitrogen and oxygen atoms in total. The van der Waals surface area contributed by atoms with E-state index >= 15 is 0 Å². The van der Waals surface area contributed by atoms with E-state index in [4.69, 9.17) is 21.1 Å². The fourth-order valence-electron chi connectivity index (χ4n) is 5.55. The number of ether oxygens (including phenoxy) is 2. The summed E-state index contributed by atoms with van der Waals surface area (Å²) >= 11 is 6.27. The lowest BCUT2D eigenvalue weighted by molar-refractivity contribution is -0.193. The van der Waals surface area contributed by atoms with Crippen molar-refractivity contribution in [2.24, 2.45) is 11.3 Å². The third-order valence-electron chi connectivity index (χ3n) is 7.02. The highest BCUT2D eigenvalue weighted by Crippen LogP contribution is 2.53. The molecule has 31 heavy (non-hydrogen) atoms. The van der Waals surface area contributed by atoms with Gasteiger partial charge in [-0.2, -0.15) is 0 Å². The summed E-state index contributed by atoms with van der Waals surface area (Å²) in [6.45, 7) is 8.53. The molecule has 0 radical (unpaired) electrons. The number of benzene rings is 1. The minimum Gasteiger partial charge on any atom is -0.487 e. The molecule has 0 bridgehead atoms. The van der Waals surface area contributed by atoms with E-state index in [0.29, 0.717) is 11.6 Å². The Balaban J connectivity index is 1.58. The number of piperidine rings is 1. The van der Waals surface area contributed by atoms with Crippen molar-refractivity contribution in [3.05, 3.63) is 28.8 Å². The van der Waals surface area contributed by atoms with Crippen molar-refractivity contribution >= 4 is 23.5 Å². The highest BCUT2D eigenvalue weighted by molar-refractivity contribution is 6.30. The molecule has 3 heterocycles. The van der Waals surface area contributed by atoms with E-state index in [-0.39, 0.29) is 42.9 Å². The van der Waals surface area contributed by atoms with Gasteiger partial charge in [0.25, 0.3) is 0 Å². The summed E-state index contributed by atoms with van der Waals surface area (Å²) in [5, 5.41) is 9.84. The largest absolute Gasteiger partial charge is 0.487 e. The van der Waals surface area contributed by atoms with Crippen LogP contribution in [0.25, 0.3) is 0 Å². The normalized spacial score (nSPS) is 29.3. The molecule has 1 aromatic carbocycles. The van der Waals surface area contributed by atoms with E-state index in [1.807, 2.05) is 36.9 Å². The van der Waals surface area contributed by atoms with Crippen LogP contribution in [-0.2, 0) is 14.3 Å². The quantitative estimate of drug-likeness (QED) is 0.711. The van der Waals surface area contributed by atoms with Gasteiger partial charge < -0.3 is 19.5 Å². The number of rotatable bonds is 4. The number of nitrogens with zero attached hydrogens (tertiary/aromatic N) is 1. The molecule has 1 N–H and O–H groups in total. The van der Waals surface area contributed by atoms with Gasteiger partial charge in [0.2, 0.25) is 5.91 Å². The van der Waals surface area contributed by atoms with Gasteiger partial charge in [-0.25, -0.2) is 0 Å². The maximum absolute atomic E-state index is 13.2. The SMILES string of the molecule is CC(C)(CC(=O)O)CC(=O)N1CCC[C@@H]2O[C@@H]3c4cc(Cl)ccc4OC(C)(C)[C@H]3C[C@@H]21. The summed E-state index contributed by atoms with van der Waals surface area (Å²) in [6.07, 6.45) is 2.62. The van der Waals surface area contributed by atoms with E-state index in [2.05, 4.69) is 13.8 Å². The Morgan fingerprint density at radius 3 is 2.74 bits per heavy atom. The summed E-state index contributed by atoms with van der Waals surface area (Å²) in [7, 11) is 0. The summed E-state index contributed by atoms with van der Waals surface area (Å²) in [4.78, 5) is 26.4. The van der Waals surface area contributed by atoms with Gasteiger partial charge in [-0.1, -0.05) is 25.4 Å². The topological polar surface area (TPSA) is 76.1 Å². The molecule has 2 saturated heterocycles. The molecule has 3 aliphatic heterocycles. The first-order valence-electron chi connectivity index (χ1n) is 11.1. The first kappa shape index (κ1) is 22.4. The lowest BCUT2D eigenvalue weighted by atomic mass is 9.72. The second-order valence-electron chi connectivity index (χ2n) is 10.5. The zero-order chi connectivity index (χ0) is 22.6. The lowest BCUT2D eigenvalue weighted by Gasteiger charge is -2.54. The number of carbonyl (C=O) groups is 2. The van der Waals surface area contributed by atoms with Crippen molar-refractivity contribution in [3.8, 4) is 5.75 Å². The van der Waals surface area contributed by atoms with Gasteiger partial charge in [0.15, 0.2) is 0 Å². The van der Waals surface area contributed by atoms with E-state index in [1.165, 1.54) is 0 Å². The number of aliphatic carboxylic acids is 1. The Bertz CT molecular complexity index is 883. The number of carboxylic acids is 1. The van der Waals surface area contributed by atoms with Gasteiger partial charge in [0, 0.05) is 29.5 Å². The fourth-order valence-corrected chi connectivity index (χ4v) is 5.73. The maximum Gasteiger partial charge on any atom is 0.303 e. The van der Waals surface area contributed by atoms with Crippen LogP contribution in [0.5, 0.6) is 5.75 Å². The van der Waals surface area contributed by atoms with E-state index < -0.39 is 17.0 Å². The first-order chi connectivity index (χ1) is 14.5. The second kappa shape index (κ2) is 7.96. The number of amides is 1. The summed E-state index contributed by atoms with van der Waals surface area (Å²) in [5.74, 6) is 0.0333. The molecular formula is C24H32ClNO5. The van der Waals surface area contributed by atoms with Crippen LogP contribution in [0.1, 0.15) is 71.5 Å². The molecular weight excluding hydrogens is 418 g/mol. The third-order valence-corrected chi connectivity index (χ3v) is 7.26. The third kappa shape index (κ3) is 4.42. The highest BCUT2D eigenvalue weighted by atomic mass is 35.5. The van der Waals surface area contributed by atoms with Crippen LogP contribution in [0, 0.1) is 11.3 Å². The monoisotopic (exact) mass is 449 g/mol. The molecule has 7 heteroatoms. The predicted molar refractivity (Wildman–Crippen MR) is 117 cm³/mol. The molecule has 0 spiro atoms. The molecule has 2 fully saturated rings. The average Bonchev–Trinajstić information content (AvgIpc) is 2.65. The molecule has 170 valence electrons. The smallest absolute Gasteiger partial charge is 0.303 e. The molecule has 0 saturated carbocycles. The van der Waals surface area contributed by atoms with Crippen LogP contribution < -0.4 is 4.74 Å². The molecule has 0 aliphatic carbocycles. The first-order valence-corrected chi connectivity index (χ1v) is 11.5. The van der Waals surface area contributed by atoms with Crippen LogP contribution in [0.2, 0.25) is 5.02 Å². The van der Waals surface area contributed by atoms with Crippen molar-refractivity contribution in [3.63, 3.8) is 0 Å². The molecule has 4 atom stereocenters. The number of carbonyl (C=O) groups excluding carboxylic acids is 1. The highest BCUT2D eigenvalue weighted by Gasteiger charge is 2.53. The molecule has 0 aromatic heterocycles. The Hall–Kier alpha value is -1.79. The minimum atomic E-state index is -0.878. The summed E-state index contributed by atoms with van der Waals surface area (Å²) in [6, 6.07) is 5.66. The van der Waals surface area contributed by atoms with E-state index in [9.17, 15) is 14.7 Å². The van der Waals surface area contributed by atoms with Gasteiger partial charge in [0.1, 0.15) is 11.4 Å². The molecule has 1 aromatic rings. The number of likely N-dealkylation sites (tertiary alicyclic amines) is 1.